The van der Waals surface area contributed by atoms with Gasteiger partial charge in [-0.3, -0.25) is 0 Å². The third-order valence-corrected chi connectivity index (χ3v) is 1.91. The van der Waals surface area contributed by atoms with Gasteiger partial charge in [0.05, 0.1) is 6.61 Å². The maximum Gasteiger partial charge on any atom is 0.119 e. The van der Waals surface area contributed by atoms with Crippen LogP contribution in [0.25, 0.3) is 6.08 Å². The van der Waals surface area contributed by atoms with E-state index in [1.165, 1.54) is 0 Å². The quantitative estimate of drug-likeness (QED) is 0.640. The van der Waals surface area contributed by atoms with Crippen molar-refractivity contribution in [2.75, 3.05) is 6.61 Å². The molecule has 0 fully saturated rings. The van der Waals surface area contributed by atoms with Crippen molar-refractivity contribution in [3.05, 3.63) is 48.6 Å². The Morgan fingerprint density at radius 1 is 1.36 bits per heavy atom. The second kappa shape index (κ2) is 5.28. The highest BCUT2D eigenvalue weighted by molar-refractivity contribution is 5.48. The van der Waals surface area contributed by atoms with Crippen molar-refractivity contribution in [3.8, 4) is 5.75 Å². The molecular formula is C13H16O. The number of rotatable bonds is 5. The lowest BCUT2D eigenvalue weighted by Crippen LogP contribution is -1.97. The Balaban J connectivity index is 2.43. The summed E-state index contributed by atoms with van der Waals surface area (Å²) in [5.74, 6) is 0.900. The van der Waals surface area contributed by atoms with Gasteiger partial charge in [0.1, 0.15) is 5.75 Å². The van der Waals surface area contributed by atoms with Crippen molar-refractivity contribution in [2.24, 2.45) is 0 Å². The molecule has 1 aromatic rings. The molecule has 0 aromatic heterocycles. The highest BCUT2D eigenvalue weighted by Crippen LogP contribution is 2.13. The topological polar surface area (TPSA) is 9.23 Å². The smallest absolute Gasteiger partial charge is 0.119 e. The normalized spacial score (nSPS) is 9.50. The van der Waals surface area contributed by atoms with Gasteiger partial charge in [0.2, 0.25) is 0 Å². The van der Waals surface area contributed by atoms with E-state index in [4.69, 9.17) is 4.74 Å². The molecule has 1 heteroatoms. The van der Waals surface area contributed by atoms with E-state index in [0.29, 0.717) is 6.61 Å². The van der Waals surface area contributed by atoms with Gasteiger partial charge in [-0.1, -0.05) is 30.4 Å². The number of hydrogen-bond acceptors (Lipinski definition) is 1. The summed E-state index contributed by atoms with van der Waals surface area (Å²) in [5, 5.41) is 0. The van der Waals surface area contributed by atoms with Crippen LogP contribution in [-0.4, -0.2) is 6.61 Å². The van der Waals surface area contributed by atoms with Gasteiger partial charge < -0.3 is 4.74 Å². The fourth-order valence-corrected chi connectivity index (χ4v) is 1.04. The van der Waals surface area contributed by atoms with Crippen LogP contribution in [0.1, 0.15) is 18.9 Å². The zero-order valence-corrected chi connectivity index (χ0v) is 8.62. The summed E-state index contributed by atoms with van der Waals surface area (Å²) >= 11 is 0. The third-order valence-electron chi connectivity index (χ3n) is 1.91. The number of ether oxygens (including phenoxy) is 1. The van der Waals surface area contributed by atoms with Crippen LogP contribution in [0.2, 0.25) is 0 Å². The van der Waals surface area contributed by atoms with Crippen LogP contribution < -0.4 is 4.74 Å². The fourth-order valence-electron chi connectivity index (χ4n) is 1.04. The Morgan fingerprint density at radius 2 is 2.00 bits per heavy atom. The molecule has 0 aliphatic heterocycles. The first kappa shape index (κ1) is 10.6. The SMILES string of the molecule is C=Cc1ccc(OCCC(=C)C)cc1. The van der Waals surface area contributed by atoms with Gasteiger partial charge in [-0.05, 0) is 24.6 Å². The molecule has 0 unspecified atom stereocenters. The molecule has 1 aromatic carbocycles. The average molecular weight is 188 g/mol. The summed E-state index contributed by atoms with van der Waals surface area (Å²) in [6.07, 6.45) is 2.72. The zero-order chi connectivity index (χ0) is 10.4. The van der Waals surface area contributed by atoms with E-state index in [1.54, 1.807) is 0 Å². The lowest BCUT2D eigenvalue weighted by Gasteiger charge is -2.05. The first-order valence-corrected chi connectivity index (χ1v) is 4.72. The highest BCUT2D eigenvalue weighted by atomic mass is 16.5. The summed E-state index contributed by atoms with van der Waals surface area (Å²) < 4.78 is 5.52. The molecule has 0 aliphatic rings. The molecule has 0 spiro atoms. The van der Waals surface area contributed by atoms with Gasteiger partial charge in [0.15, 0.2) is 0 Å². The van der Waals surface area contributed by atoms with Crippen LogP contribution in [0, 0.1) is 0 Å². The van der Waals surface area contributed by atoms with Crippen LogP contribution in [0.4, 0.5) is 0 Å². The van der Waals surface area contributed by atoms with Crippen LogP contribution in [0.15, 0.2) is 43.0 Å². The molecule has 74 valence electrons. The fraction of sp³-hybridized carbons (Fsp3) is 0.231. The summed E-state index contributed by atoms with van der Waals surface area (Å²) in [4.78, 5) is 0. The Hall–Kier alpha value is -1.50. The summed E-state index contributed by atoms with van der Waals surface area (Å²) in [7, 11) is 0. The molecule has 1 nitrogen and oxygen atoms in total. The van der Waals surface area contributed by atoms with E-state index in [-0.39, 0.29) is 0 Å². The monoisotopic (exact) mass is 188 g/mol. The third kappa shape index (κ3) is 3.48. The molecule has 0 aliphatic carbocycles. The molecule has 0 radical (unpaired) electrons. The lowest BCUT2D eigenvalue weighted by molar-refractivity contribution is 0.322. The summed E-state index contributed by atoms with van der Waals surface area (Å²) in [5.41, 5.74) is 2.25. The molecular weight excluding hydrogens is 172 g/mol. The minimum atomic E-state index is 0.697. The maximum absolute atomic E-state index is 5.52. The van der Waals surface area contributed by atoms with Gasteiger partial charge in [-0.25, -0.2) is 0 Å². The van der Waals surface area contributed by atoms with Gasteiger partial charge in [-0.2, -0.15) is 0 Å². The van der Waals surface area contributed by atoms with Crippen molar-refractivity contribution in [1.82, 2.24) is 0 Å². The van der Waals surface area contributed by atoms with Gasteiger partial charge in [0.25, 0.3) is 0 Å². The zero-order valence-electron chi connectivity index (χ0n) is 8.62. The molecule has 0 saturated carbocycles. The van der Waals surface area contributed by atoms with E-state index in [9.17, 15) is 0 Å². The van der Waals surface area contributed by atoms with Gasteiger partial charge >= 0.3 is 0 Å². The van der Waals surface area contributed by atoms with Crippen LogP contribution in [0.5, 0.6) is 5.75 Å². The second-order valence-electron chi connectivity index (χ2n) is 3.33. The van der Waals surface area contributed by atoms with E-state index < -0.39 is 0 Å². The summed E-state index contributed by atoms with van der Waals surface area (Å²) in [6.45, 7) is 10.2. The average Bonchev–Trinajstić information content (AvgIpc) is 2.18. The van der Waals surface area contributed by atoms with E-state index in [0.717, 1.165) is 23.3 Å². The van der Waals surface area contributed by atoms with E-state index in [1.807, 2.05) is 37.3 Å². The predicted octanol–water partition coefficient (Wildman–Crippen LogP) is 3.67. The standard InChI is InChI=1S/C13H16O/c1-4-12-5-7-13(8-6-12)14-10-9-11(2)3/h4-8H,1-2,9-10H2,3H3. The van der Waals surface area contributed by atoms with Gasteiger partial charge in [-0.15, -0.1) is 6.58 Å². The minimum absolute atomic E-state index is 0.697. The Morgan fingerprint density at radius 3 is 2.50 bits per heavy atom. The van der Waals surface area contributed by atoms with Crippen LogP contribution in [0.3, 0.4) is 0 Å². The number of hydrogen-bond donors (Lipinski definition) is 0. The Kier molecular flexibility index (Phi) is 3.99. The largest absolute Gasteiger partial charge is 0.493 e. The maximum atomic E-state index is 5.52. The predicted molar refractivity (Wildman–Crippen MR) is 61.5 cm³/mol. The first-order valence-electron chi connectivity index (χ1n) is 4.72. The van der Waals surface area contributed by atoms with Crippen molar-refractivity contribution in [1.29, 1.82) is 0 Å². The Labute approximate surface area is 85.7 Å². The van der Waals surface area contributed by atoms with Crippen LogP contribution >= 0.6 is 0 Å². The van der Waals surface area contributed by atoms with E-state index in [2.05, 4.69) is 13.2 Å². The molecule has 0 N–H and O–H groups in total. The van der Waals surface area contributed by atoms with Crippen molar-refractivity contribution < 1.29 is 4.74 Å². The lowest BCUT2D eigenvalue weighted by atomic mass is 10.2. The van der Waals surface area contributed by atoms with Crippen molar-refractivity contribution in [2.45, 2.75) is 13.3 Å². The Bertz CT molecular complexity index is 309. The molecule has 0 bridgehead atoms. The second-order valence-corrected chi connectivity index (χ2v) is 3.33. The molecule has 0 atom stereocenters. The molecule has 0 amide bonds. The molecule has 1 rings (SSSR count). The van der Waals surface area contributed by atoms with E-state index >= 15 is 0 Å². The summed E-state index contributed by atoms with van der Waals surface area (Å²) in [6, 6.07) is 7.89. The highest BCUT2D eigenvalue weighted by Gasteiger charge is 1.93. The van der Waals surface area contributed by atoms with Crippen molar-refractivity contribution in [3.63, 3.8) is 0 Å². The first-order chi connectivity index (χ1) is 6.72. The van der Waals surface area contributed by atoms with Gasteiger partial charge in [0, 0.05) is 6.42 Å². The molecule has 0 heterocycles. The van der Waals surface area contributed by atoms with Crippen LogP contribution in [-0.2, 0) is 0 Å². The molecule has 0 saturated heterocycles. The van der Waals surface area contributed by atoms with Crippen molar-refractivity contribution >= 4 is 6.08 Å². The number of benzene rings is 1. The molecule has 14 heavy (non-hydrogen) atoms. The minimum Gasteiger partial charge on any atom is -0.493 e.